The minimum atomic E-state index is -0.253. The molecule has 3 N–H and O–H groups in total. The number of rotatable bonds is 5. The number of hydrogen-bond acceptors (Lipinski definition) is 3. The normalized spacial score (nSPS) is 17.0. The average molecular weight is 264 g/mol. The molecule has 0 unspecified atom stereocenters. The van der Waals surface area contributed by atoms with E-state index in [0.717, 1.165) is 35.6 Å². The first kappa shape index (κ1) is 13.4. The largest absolute Gasteiger partial charge is 0.325 e. The molecule has 18 heavy (non-hydrogen) atoms. The van der Waals surface area contributed by atoms with Gasteiger partial charge in [-0.2, -0.15) is 0 Å². The van der Waals surface area contributed by atoms with Crippen LogP contribution in [0.15, 0.2) is 29.2 Å². The van der Waals surface area contributed by atoms with Gasteiger partial charge in [-0.3, -0.25) is 4.79 Å². The van der Waals surface area contributed by atoms with Gasteiger partial charge >= 0.3 is 0 Å². The molecular formula is C14H20N2OS. The van der Waals surface area contributed by atoms with E-state index in [1.807, 2.05) is 24.3 Å². The first-order valence-electron chi connectivity index (χ1n) is 6.43. The van der Waals surface area contributed by atoms with Gasteiger partial charge in [-0.25, -0.2) is 0 Å². The van der Waals surface area contributed by atoms with Gasteiger partial charge in [0.15, 0.2) is 0 Å². The van der Waals surface area contributed by atoms with Crippen molar-refractivity contribution in [3.8, 4) is 0 Å². The van der Waals surface area contributed by atoms with Crippen molar-refractivity contribution >= 4 is 23.4 Å². The zero-order valence-corrected chi connectivity index (χ0v) is 11.6. The highest BCUT2D eigenvalue weighted by Crippen LogP contribution is 2.33. The minimum Gasteiger partial charge on any atom is -0.325 e. The summed E-state index contributed by atoms with van der Waals surface area (Å²) in [6.07, 6.45) is 3.50. The Balaban J connectivity index is 1.97. The number of nitrogens with one attached hydrogen (secondary N) is 1. The van der Waals surface area contributed by atoms with Crippen LogP contribution < -0.4 is 11.1 Å². The Morgan fingerprint density at radius 2 is 2.17 bits per heavy atom. The van der Waals surface area contributed by atoms with E-state index in [9.17, 15) is 4.79 Å². The van der Waals surface area contributed by atoms with E-state index >= 15 is 0 Å². The lowest BCUT2D eigenvalue weighted by Crippen LogP contribution is -2.48. The predicted octanol–water partition coefficient (Wildman–Crippen LogP) is 3.01. The van der Waals surface area contributed by atoms with Crippen LogP contribution in [-0.2, 0) is 4.79 Å². The average Bonchev–Trinajstić information content (AvgIpc) is 2.30. The van der Waals surface area contributed by atoms with Gasteiger partial charge in [0, 0.05) is 16.9 Å². The molecule has 0 atom stereocenters. The van der Waals surface area contributed by atoms with Crippen LogP contribution in [0, 0.1) is 0 Å². The Labute approximate surface area is 113 Å². The molecule has 0 heterocycles. The molecule has 1 amide bonds. The Morgan fingerprint density at radius 3 is 2.78 bits per heavy atom. The van der Waals surface area contributed by atoms with Gasteiger partial charge in [-0.15, -0.1) is 11.8 Å². The van der Waals surface area contributed by atoms with Crippen LogP contribution in [0.2, 0.25) is 0 Å². The van der Waals surface area contributed by atoms with Gasteiger partial charge in [0.1, 0.15) is 0 Å². The summed E-state index contributed by atoms with van der Waals surface area (Å²) in [7, 11) is 0. The third-order valence-electron chi connectivity index (χ3n) is 3.32. The number of carbonyl (C=O) groups excluding carboxylic acids is 1. The third-order valence-corrected chi connectivity index (χ3v) is 4.28. The molecule has 2 rings (SSSR count). The van der Waals surface area contributed by atoms with E-state index in [4.69, 9.17) is 5.73 Å². The van der Waals surface area contributed by atoms with Crippen molar-refractivity contribution in [1.29, 1.82) is 0 Å². The maximum atomic E-state index is 12.0. The van der Waals surface area contributed by atoms with Crippen molar-refractivity contribution in [2.45, 2.75) is 43.0 Å². The smallest absolute Gasteiger partial charge is 0.226 e. The summed E-state index contributed by atoms with van der Waals surface area (Å²) in [4.78, 5) is 13.1. The molecular weight excluding hydrogens is 244 g/mol. The number of anilines is 1. The topological polar surface area (TPSA) is 55.1 Å². The number of para-hydroxylation sites is 1. The van der Waals surface area contributed by atoms with Crippen LogP contribution in [0.5, 0.6) is 0 Å². The second kappa shape index (κ2) is 5.76. The van der Waals surface area contributed by atoms with E-state index in [1.54, 1.807) is 11.8 Å². The summed E-state index contributed by atoms with van der Waals surface area (Å²) in [5, 5.41) is 2.98. The zero-order valence-electron chi connectivity index (χ0n) is 10.7. The quantitative estimate of drug-likeness (QED) is 0.804. The van der Waals surface area contributed by atoms with E-state index in [2.05, 4.69) is 12.2 Å². The fourth-order valence-electron chi connectivity index (χ4n) is 2.17. The molecule has 0 radical (unpaired) electrons. The molecule has 0 spiro atoms. The van der Waals surface area contributed by atoms with Crippen molar-refractivity contribution in [2.24, 2.45) is 5.73 Å². The molecule has 0 aliphatic heterocycles. The van der Waals surface area contributed by atoms with E-state index in [-0.39, 0.29) is 11.4 Å². The van der Waals surface area contributed by atoms with E-state index in [1.165, 1.54) is 0 Å². The summed E-state index contributed by atoms with van der Waals surface area (Å²) in [6, 6.07) is 7.91. The SMILES string of the molecule is CCSc1ccccc1NC(=O)CC1(N)CCC1. The molecule has 1 aromatic carbocycles. The van der Waals surface area contributed by atoms with Gasteiger partial charge in [0.25, 0.3) is 0 Å². The molecule has 98 valence electrons. The number of nitrogens with two attached hydrogens (primary N) is 1. The van der Waals surface area contributed by atoms with Crippen LogP contribution in [0.4, 0.5) is 5.69 Å². The van der Waals surface area contributed by atoms with Crippen molar-refractivity contribution in [1.82, 2.24) is 0 Å². The molecule has 3 nitrogen and oxygen atoms in total. The number of thioether (sulfide) groups is 1. The minimum absolute atomic E-state index is 0.0290. The van der Waals surface area contributed by atoms with Gasteiger partial charge in [0.05, 0.1) is 5.69 Å². The fourth-order valence-corrected chi connectivity index (χ4v) is 2.93. The summed E-state index contributed by atoms with van der Waals surface area (Å²) in [5.74, 6) is 1.02. The Bertz CT molecular complexity index is 430. The summed E-state index contributed by atoms with van der Waals surface area (Å²) >= 11 is 1.74. The molecule has 4 heteroatoms. The van der Waals surface area contributed by atoms with Gasteiger partial charge in [0.2, 0.25) is 5.91 Å². The van der Waals surface area contributed by atoms with Crippen LogP contribution in [-0.4, -0.2) is 17.2 Å². The molecule has 1 fully saturated rings. The number of hydrogen-bond donors (Lipinski definition) is 2. The molecule has 0 aromatic heterocycles. The summed E-state index contributed by atoms with van der Waals surface area (Å²) in [5.41, 5.74) is 6.74. The summed E-state index contributed by atoms with van der Waals surface area (Å²) < 4.78 is 0. The van der Waals surface area contributed by atoms with Crippen LogP contribution in [0.3, 0.4) is 0 Å². The molecule has 0 saturated heterocycles. The molecule has 1 saturated carbocycles. The monoisotopic (exact) mass is 264 g/mol. The Kier molecular flexibility index (Phi) is 4.30. The number of carbonyl (C=O) groups is 1. The van der Waals surface area contributed by atoms with Crippen molar-refractivity contribution in [2.75, 3.05) is 11.1 Å². The van der Waals surface area contributed by atoms with Crippen LogP contribution in [0.25, 0.3) is 0 Å². The lowest BCUT2D eigenvalue weighted by atomic mass is 9.75. The summed E-state index contributed by atoms with van der Waals surface area (Å²) in [6.45, 7) is 2.10. The molecule has 1 aromatic rings. The Hall–Kier alpha value is -1.00. The van der Waals surface area contributed by atoms with Crippen LogP contribution in [0.1, 0.15) is 32.6 Å². The Morgan fingerprint density at radius 1 is 1.44 bits per heavy atom. The van der Waals surface area contributed by atoms with Crippen molar-refractivity contribution in [3.63, 3.8) is 0 Å². The maximum absolute atomic E-state index is 12.0. The van der Waals surface area contributed by atoms with Crippen molar-refractivity contribution in [3.05, 3.63) is 24.3 Å². The fraction of sp³-hybridized carbons (Fsp3) is 0.500. The molecule has 1 aliphatic rings. The second-order valence-electron chi connectivity index (χ2n) is 4.87. The number of amides is 1. The lowest BCUT2D eigenvalue weighted by Gasteiger charge is -2.37. The zero-order chi connectivity index (χ0) is 13.0. The lowest BCUT2D eigenvalue weighted by molar-refractivity contribution is -0.118. The highest BCUT2D eigenvalue weighted by molar-refractivity contribution is 7.99. The highest BCUT2D eigenvalue weighted by Gasteiger charge is 2.34. The van der Waals surface area contributed by atoms with E-state index in [0.29, 0.717) is 6.42 Å². The van der Waals surface area contributed by atoms with Gasteiger partial charge in [-0.1, -0.05) is 19.1 Å². The van der Waals surface area contributed by atoms with E-state index < -0.39 is 0 Å². The predicted molar refractivity (Wildman–Crippen MR) is 76.9 cm³/mol. The van der Waals surface area contributed by atoms with Crippen LogP contribution >= 0.6 is 11.8 Å². The first-order chi connectivity index (χ1) is 8.63. The standard InChI is InChI=1S/C14H20N2OS/c1-2-18-12-7-4-3-6-11(12)16-13(17)10-14(15)8-5-9-14/h3-4,6-7H,2,5,8-10,15H2,1H3,(H,16,17). The molecule has 1 aliphatic carbocycles. The van der Waals surface area contributed by atoms with Gasteiger partial charge in [-0.05, 0) is 37.1 Å². The highest BCUT2D eigenvalue weighted by atomic mass is 32.2. The maximum Gasteiger partial charge on any atom is 0.226 e. The first-order valence-corrected chi connectivity index (χ1v) is 7.42. The van der Waals surface area contributed by atoms with Crippen molar-refractivity contribution < 1.29 is 4.79 Å². The second-order valence-corrected chi connectivity index (χ2v) is 6.18. The third kappa shape index (κ3) is 3.27. The molecule has 0 bridgehead atoms. The number of benzene rings is 1. The van der Waals surface area contributed by atoms with Gasteiger partial charge < -0.3 is 11.1 Å².